The van der Waals surface area contributed by atoms with Crippen LogP contribution in [-0.2, 0) is 6.54 Å². The molecule has 0 aromatic heterocycles. The molecule has 3 aromatic carbocycles. The molecule has 0 saturated heterocycles. The Morgan fingerprint density at radius 3 is 2.42 bits per heavy atom. The van der Waals surface area contributed by atoms with E-state index in [1.54, 1.807) is 31.4 Å². The van der Waals surface area contributed by atoms with Crippen LogP contribution in [0, 0.1) is 0 Å². The van der Waals surface area contributed by atoms with E-state index in [-0.39, 0.29) is 5.91 Å². The van der Waals surface area contributed by atoms with Crippen molar-refractivity contribution in [2.24, 2.45) is 0 Å². The zero-order valence-corrected chi connectivity index (χ0v) is 15.1. The van der Waals surface area contributed by atoms with Crippen LogP contribution in [0.15, 0.2) is 72.8 Å². The van der Waals surface area contributed by atoms with E-state index in [1.807, 2.05) is 48.5 Å². The molecule has 0 spiro atoms. The molecule has 3 aromatic rings. The molecule has 0 aliphatic carbocycles. The second-order valence-corrected chi connectivity index (χ2v) is 6.14. The highest BCUT2D eigenvalue weighted by Gasteiger charge is 2.07. The van der Waals surface area contributed by atoms with Crippen LogP contribution in [0.4, 0.5) is 11.4 Å². The van der Waals surface area contributed by atoms with E-state index >= 15 is 0 Å². The van der Waals surface area contributed by atoms with Gasteiger partial charge in [0.2, 0.25) is 0 Å². The molecule has 0 unspecified atom stereocenters. The van der Waals surface area contributed by atoms with Crippen molar-refractivity contribution in [2.45, 2.75) is 6.54 Å². The number of methoxy groups -OCH3 is 1. The summed E-state index contributed by atoms with van der Waals surface area (Å²) in [4.78, 5) is 12.2. The van der Waals surface area contributed by atoms with Gasteiger partial charge >= 0.3 is 0 Å². The molecule has 3 rings (SSSR count). The Labute approximate surface area is 157 Å². The van der Waals surface area contributed by atoms with Gasteiger partial charge in [0, 0.05) is 34.1 Å². The minimum atomic E-state index is -0.192. The van der Waals surface area contributed by atoms with Crippen LogP contribution in [0.2, 0.25) is 5.02 Å². The largest absolute Gasteiger partial charge is 0.496 e. The zero-order valence-electron chi connectivity index (χ0n) is 14.3. The molecule has 0 radical (unpaired) electrons. The molecule has 0 aliphatic rings. The lowest BCUT2D eigenvalue weighted by Crippen LogP contribution is -2.11. The fourth-order valence-electron chi connectivity index (χ4n) is 2.55. The zero-order chi connectivity index (χ0) is 18.4. The van der Waals surface area contributed by atoms with Gasteiger partial charge in [-0.25, -0.2) is 0 Å². The predicted octanol–water partition coefficient (Wildman–Crippen LogP) is 5.21. The van der Waals surface area contributed by atoms with Crippen molar-refractivity contribution < 1.29 is 9.53 Å². The topological polar surface area (TPSA) is 50.4 Å². The maximum Gasteiger partial charge on any atom is 0.255 e. The highest BCUT2D eigenvalue weighted by Crippen LogP contribution is 2.20. The molecular weight excluding hydrogens is 348 g/mol. The predicted molar refractivity (Wildman–Crippen MR) is 106 cm³/mol. The molecule has 4 nitrogen and oxygen atoms in total. The second kappa shape index (κ2) is 8.41. The van der Waals surface area contributed by atoms with Crippen LogP contribution >= 0.6 is 11.6 Å². The van der Waals surface area contributed by atoms with E-state index in [2.05, 4.69) is 10.6 Å². The molecule has 0 saturated carbocycles. The molecule has 26 heavy (non-hydrogen) atoms. The van der Waals surface area contributed by atoms with Gasteiger partial charge in [-0.2, -0.15) is 0 Å². The number of amides is 1. The number of hydrogen-bond donors (Lipinski definition) is 2. The number of nitrogens with one attached hydrogen (secondary N) is 2. The van der Waals surface area contributed by atoms with E-state index in [9.17, 15) is 4.79 Å². The van der Waals surface area contributed by atoms with Crippen molar-refractivity contribution in [1.82, 2.24) is 0 Å². The number of benzene rings is 3. The van der Waals surface area contributed by atoms with E-state index in [4.69, 9.17) is 16.3 Å². The van der Waals surface area contributed by atoms with Crippen molar-refractivity contribution in [3.63, 3.8) is 0 Å². The van der Waals surface area contributed by atoms with Gasteiger partial charge in [0.1, 0.15) is 5.75 Å². The number of hydrogen-bond acceptors (Lipinski definition) is 3. The van der Waals surface area contributed by atoms with Crippen molar-refractivity contribution >= 4 is 28.9 Å². The maximum absolute atomic E-state index is 12.2. The number of anilines is 2. The van der Waals surface area contributed by atoms with Gasteiger partial charge in [-0.15, -0.1) is 0 Å². The molecular formula is C21H19ClN2O2. The molecule has 0 aliphatic heterocycles. The van der Waals surface area contributed by atoms with Crippen LogP contribution in [0.1, 0.15) is 15.9 Å². The molecule has 0 atom stereocenters. The first-order chi connectivity index (χ1) is 12.7. The molecule has 1 amide bonds. The van der Waals surface area contributed by atoms with Crippen molar-refractivity contribution in [3.8, 4) is 5.75 Å². The average Bonchev–Trinajstić information content (AvgIpc) is 2.67. The second-order valence-electron chi connectivity index (χ2n) is 5.71. The Morgan fingerprint density at radius 1 is 0.962 bits per heavy atom. The summed E-state index contributed by atoms with van der Waals surface area (Å²) in [6.45, 7) is 0.651. The van der Waals surface area contributed by atoms with Gasteiger partial charge in [0.05, 0.1) is 7.11 Å². The van der Waals surface area contributed by atoms with Crippen LogP contribution in [0.3, 0.4) is 0 Å². The summed E-state index contributed by atoms with van der Waals surface area (Å²) in [5.74, 6) is 0.660. The molecule has 5 heteroatoms. The van der Waals surface area contributed by atoms with Crippen molar-refractivity contribution in [1.29, 1.82) is 0 Å². The third kappa shape index (κ3) is 4.55. The average molecular weight is 367 g/mol. The van der Waals surface area contributed by atoms with Crippen molar-refractivity contribution in [3.05, 3.63) is 88.9 Å². The first kappa shape index (κ1) is 17.8. The number of carbonyl (C=O) groups is 1. The summed E-state index contributed by atoms with van der Waals surface area (Å²) in [6, 6.07) is 22.3. The molecule has 2 N–H and O–H groups in total. The third-order valence-electron chi connectivity index (χ3n) is 3.91. The van der Waals surface area contributed by atoms with Gasteiger partial charge in [0.15, 0.2) is 0 Å². The van der Waals surface area contributed by atoms with Crippen LogP contribution in [0.25, 0.3) is 0 Å². The van der Waals surface area contributed by atoms with E-state index in [0.29, 0.717) is 17.1 Å². The Balaban J connectivity index is 1.60. The SMILES string of the molecule is COc1ccccc1CNc1ccc(NC(=O)c2cccc(Cl)c2)cc1. The fourth-order valence-corrected chi connectivity index (χ4v) is 2.74. The summed E-state index contributed by atoms with van der Waals surface area (Å²) in [5, 5.41) is 6.74. The van der Waals surface area contributed by atoms with Gasteiger partial charge in [-0.3, -0.25) is 4.79 Å². The van der Waals surface area contributed by atoms with Crippen LogP contribution in [0.5, 0.6) is 5.75 Å². The Hall–Kier alpha value is -2.98. The maximum atomic E-state index is 12.2. The van der Waals surface area contributed by atoms with Gasteiger partial charge in [-0.1, -0.05) is 35.9 Å². The van der Waals surface area contributed by atoms with Gasteiger partial charge in [0.25, 0.3) is 5.91 Å². The Morgan fingerprint density at radius 2 is 1.69 bits per heavy atom. The quantitative estimate of drug-likeness (QED) is 0.629. The first-order valence-corrected chi connectivity index (χ1v) is 8.56. The summed E-state index contributed by atoms with van der Waals surface area (Å²) in [6.07, 6.45) is 0. The van der Waals surface area contributed by atoms with E-state index < -0.39 is 0 Å². The van der Waals surface area contributed by atoms with E-state index in [1.165, 1.54) is 0 Å². The number of para-hydroxylation sites is 1. The van der Waals surface area contributed by atoms with E-state index in [0.717, 1.165) is 22.7 Å². The minimum absolute atomic E-state index is 0.192. The minimum Gasteiger partial charge on any atom is -0.496 e. The van der Waals surface area contributed by atoms with Crippen molar-refractivity contribution in [2.75, 3.05) is 17.7 Å². The fraction of sp³-hybridized carbons (Fsp3) is 0.0952. The smallest absolute Gasteiger partial charge is 0.255 e. The molecule has 0 bridgehead atoms. The number of rotatable bonds is 6. The highest BCUT2D eigenvalue weighted by atomic mass is 35.5. The molecule has 0 fully saturated rings. The number of halogens is 1. The van der Waals surface area contributed by atoms with Gasteiger partial charge < -0.3 is 15.4 Å². The first-order valence-electron chi connectivity index (χ1n) is 8.18. The Bertz CT molecular complexity index is 895. The summed E-state index contributed by atoms with van der Waals surface area (Å²) in [7, 11) is 1.66. The highest BCUT2D eigenvalue weighted by molar-refractivity contribution is 6.31. The Kier molecular flexibility index (Phi) is 5.77. The van der Waals surface area contributed by atoms with Crippen LogP contribution < -0.4 is 15.4 Å². The lowest BCUT2D eigenvalue weighted by Gasteiger charge is -2.11. The van der Waals surface area contributed by atoms with Crippen LogP contribution in [-0.4, -0.2) is 13.0 Å². The summed E-state index contributed by atoms with van der Waals surface area (Å²) >= 11 is 5.92. The number of ether oxygens (including phenoxy) is 1. The van der Waals surface area contributed by atoms with Gasteiger partial charge in [-0.05, 0) is 48.5 Å². The standard InChI is InChI=1S/C21H19ClN2O2/c1-26-20-8-3-2-5-16(20)14-23-18-9-11-19(12-10-18)24-21(25)15-6-4-7-17(22)13-15/h2-13,23H,14H2,1H3,(H,24,25). The lowest BCUT2D eigenvalue weighted by molar-refractivity contribution is 0.102. The number of carbonyl (C=O) groups excluding carboxylic acids is 1. The monoisotopic (exact) mass is 366 g/mol. The third-order valence-corrected chi connectivity index (χ3v) is 4.14. The lowest BCUT2D eigenvalue weighted by atomic mass is 10.2. The summed E-state index contributed by atoms with van der Waals surface area (Å²) < 4.78 is 5.35. The molecule has 0 heterocycles. The summed E-state index contributed by atoms with van der Waals surface area (Å²) in [5.41, 5.74) is 3.28. The normalized spacial score (nSPS) is 10.2. The molecule has 132 valence electrons.